The molecule has 7 heteroatoms. The first kappa shape index (κ1) is 21.6. The van der Waals surface area contributed by atoms with Crippen molar-refractivity contribution in [1.82, 2.24) is 20.6 Å². The van der Waals surface area contributed by atoms with E-state index in [1.807, 2.05) is 12.3 Å². The van der Waals surface area contributed by atoms with Gasteiger partial charge in [-0.2, -0.15) is 0 Å². The lowest BCUT2D eigenvalue weighted by Gasteiger charge is -2.12. The molecule has 0 radical (unpaired) electrons. The van der Waals surface area contributed by atoms with Crippen molar-refractivity contribution < 1.29 is 0 Å². The number of rotatable bonds is 6. The van der Waals surface area contributed by atoms with Crippen molar-refractivity contribution in [3.05, 3.63) is 57.7 Å². The lowest BCUT2D eigenvalue weighted by molar-refractivity contribution is 0.782. The van der Waals surface area contributed by atoms with Crippen LogP contribution < -0.4 is 10.6 Å². The number of para-hydroxylation sites is 1. The fraction of sp³-hybridized carbons (Fsp3) is 0.350. The third kappa shape index (κ3) is 5.87. The van der Waals surface area contributed by atoms with E-state index in [1.165, 1.54) is 20.8 Å². The number of nitrogens with one attached hydrogen (secondary N) is 2. The minimum absolute atomic E-state index is 0. The highest BCUT2D eigenvalue weighted by molar-refractivity contribution is 14.0. The Hall–Kier alpha value is -1.74. The van der Waals surface area contributed by atoms with Crippen LogP contribution in [0.25, 0.3) is 10.9 Å². The Balaban J connectivity index is 0.00000261. The van der Waals surface area contributed by atoms with Gasteiger partial charge in [0.15, 0.2) is 5.96 Å². The number of aliphatic imine (C=N–C) groups is 1. The molecule has 27 heavy (non-hydrogen) atoms. The van der Waals surface area contributed by atoms with Crippen molar-refractivity contribution in [1.29, 1.82) is 0 Å². The van der Waals surface area contributed by atoms with E-state index in [-0.39, 0.29) is 24.0 Å². The van der Waals surface area contributed by atoms with E-state index in [9.17, 15) is 0 Å². The van der Waals surface area contributed by atoms with Gasteiger partial charge in [-0.25, -0.2) is 4.98 Å². The van der Waals surface area contributed by atoms with Crippen LogP contribution >= 0.6 is 35.3 Å². The molecule has 3 aromatic rings. The maximum atomic E-state index is 4.57. The lowest BCUT2D eigenvalue weighted by Crippen LogP contribution is -2.39. The van der Waals surface area contributed by atoms with E-state index in [2.05, 4.69) is 63.7 Å². The molecule has 0 saturated carbocycles. The number of halogens is 1. The monoisotopic (exact) mass is 495 g/mol. The molecule has 0 fully saturated rings. The smallest absolute Gasteiger partial charge is 0.191 e. The van der Waals surface area contributed by atoms with Gasteiger partial charge < -0.3 is 10.6 Å². The van der Waals surface area contributed by atoms with Gasteiger partial charge >= 0.3 is 0 Å². The van der Waals surface area contributed by atoms with Crippen molar-refractivity contribution in [2.45, 2.75) is 26.7 Å². The van der Waals surface area contributed by atoms with Gasteiger partial charge in [0.05, 0.1) is 16.2 Å². The molecule has 0 amide bonds. The molecule has 2 N–H and O–H groups in total. The number of aromatic nitrogens is 2. The number of nitrogens with zero attached hydrogens (tertiary/aromatic N) is 3. The number of guanidine groups is 1. The van der Waals surface area contributed by atoms with Crippen molar-refractivity contribution in [3.63, 3.8) is 0 Å². The topological polar surface area (TPSA) is 62.2 Å². The fourth-order valence-corrected chi connectivity index (χ4v) is 3.77. The number of hydrogen-bond donors (Lipinski definition) is 2. The van der Waals surface area contributed by atoms with E-state index in [4.69, 9.17) is 0 Å². The summed E-state index contributed by atoms with van der Waals surface area (Å²) >= 11 is 1.77. The fourth-order valence-electron chi connectivity index (χ4n) is 2.84. The lowest BCUT2D eigenvalue weighted by atomic mass is 10.1. The molecular formula is C20H26IN5S. The van der Waals surface area contributed by atoms with Gasteiger partial charge in [0.2, 0.25) is 0 Å². The summed E-state index contributed by atoms with van der Waals surface area (Å²) in [4.78, 5) is 14.7. The third-order valence-electron chi connectivity index (χ3n) is 4.33. The van der Waals surface area contributed by atoms with Crippen LogP contribution in [0.3, 0.4) is 0 Å². The van der Waals surface area contributed by atoms with Crippen molar-refractivity contribution in [2.75, 3.05) is 20.1 Å². The highest BCUT2D eigenvalue weighted by Gasteiger charge is 2.05. The van der Waals surface area contributed by atoms with Crippen LogP contribution in [0.4, 0.5) is 0 Å². The van der Waals surface area contributed by atoms with Crippen LogP contribution in [0.15, 0.2) is 41.5 Å². The third-order valence-corrected chi connectivity index (χ3v) is 5.46. The van der Waals surface area contributed by atoms with Crippen LogP contribution in [-0.4, -0.2) is 36.1 Å². The molecule has 5 nitrogen and oxygen atoms in total. The summed E-state index contributed by atoms with van der Waals surface area (Å²) in [5.74, 6) is 0.822. The maximum absolute atomic E-state index is 4.57. The Bertz CT molecular complexity index is 882. The Morgan fingerprint density at radius 3 is 2.52 bits per heavy atom. The summed E-state index contributed by atoms with van der Waals surface area (Å²) in [7, 11) is 1.80. The zero-order valence-corrected chi connectivity index (χ0v) is 19.1. The Kier molecular flexibility index (Phi) is 8.43. The molecule has 0 atom stereocenters. The molecule has 0 aliphatic heterocycles. The van der Waals surface area contributed by atoms with Crippen LogP contribution in [0.2, 0.25) is 0 Å². The number of thiazole rings is 1. The second kappa shape index (κ2) is 10.6. The minimum atomic E-state index is 0. The van der Waals surface area contributed by atoms with E-state index < -0.39 is 0 Å². The first-order valence-electron chi connectivity index (χ1n) is 8.87. The van der Waals surface area contributed by atoms with Crippen molar-refractivity contribution in [3.8, 4) is 0 Å². The summed E-state index contributed by atoms with van der Waals surface area (Å²) in [5.41, 5.74) is 3.46. The summed E-state index contributed by atoms with van der Waals surface area (Å²) in [5, 5.41) is 9.09. The predicted octanol–water partition coefficient (Wildman–Crippen LogP) is 3.88. The standard InChI is InChI=1S/C20H25N5S.HI/c1-14-15(2)26-18(25-14)10-13-24-20(21-3)23-12-9-17-7-4-6-16-8-5-11-22-19(16)17;/h4-8,11H,9-10,12-13H2,1-3H3,(H2,21,23,24);1H. The Morgan fingerprint density at radius 1 is 1.07 bits per heavy atom. The molecule has 0 aliphatic carbocycles. The highest BCUT2D eigenvalue weighted by Crippen LogP contribution is 2.17. The minimum Gasteiger partial charge on any atom is -0.356 e. The van der Waals surface area contributed by atoms with Gasteiger partial charge in [0.1, 0.15) is 0 Å². The summed E-state index contributed by atoms with van der Waals surface area (Å²) in [6.45, 7) is 5.81. The van der Waals surface area contributed by atoms with Gasteiger partial charge in [-0.15, -0.1) is 35.3 Å². The van der Waals surface area contributed by atoms with E-state index in [1.54, 1.807) is 18.4 Å². The summed E-state index contributed by atoms with van der Waals surface area (Å²) in [6.07, 6.45) is 3.66. The number of fused-ring (bicyclic) bond motifs is 1. The molecule has 3 rings (SSSR count). The average molecular weight is 495 g/mol. The summed E-state index contributed by atoms with van der Waals surface area (Å²) in [6, 6.07) is 10.4. The second-order valence-electron chi connectivity index (χ2n) is 6.17. The van der Waals surface area contributed by atoms with E-state index in [0.717, 1.165) is 43.1 Å². The van der Waals surface area contributed by atoms with Gasteiger partial charge in [0.25, 0.3) is 0 Å². The molecule has 2 heterocycles. The van der Waals surface area contributed by atoms with E-state index in [0.29, 0.717) is 0 Å². The van der Waals surface area contributed by atoms with Gasteiger partial charge in [-0.3, -0.25) is 9.98 Å². The van der Waals surface area contributed by atoms with Crippen LogP contribution in [0.1, 0.15) is 21.1 Å². The maximum Gasteiger partial charge on any atom is 0.191 e. The highest BCUT2D eigenvalue weighted by atomic mass is 127. The summed E-state index contributed by atoms with van der Waals surface area (Å²) < 4.78 is 0. The zero-order chi connectivity index (χ0) is 18.4. The first-order chi connectivity index (χ1) is 12.7. The van der Waals surface area contributed by atoms with Gasteiger partial charge in [-0.1, -0.05) is 24.3 Å². The second-order valence-corrected chi connectivity index (χ2v) is 7.45. The molecule has 0 bridgehead atoms. The van der Waals surface area contributed by atoms with Crippen molar-refractivity contribution >= 4 is 52.2 Å². The number of hydrogen-bond acceptors (Lipinski definition) is 4. The normalized spacial score (nSPS) is 11.3. The molecular weight excluding hydrogens is 469 g/mol. The van der Waals surface area contributed by atoms with E-state index >= 15 is 0 Å². The SMILES string of the molecule is CN=C(NCCc1nc(C)c(C)s1)NCCc1cccc2cccnc12.I. The molecule has 0 saturated heterocycles. The molecule has 2 aromatic heterocycles. The molecule has 1 aromatic carbocycles. The predicted molar refractivity (Wildman–Crippen MR) is 126 cm³/mol. The zero-order valence-electron chi connectivity index (χ0n) is 16.0. The first-order valence-corrected chi connectivity index (χ1v) is 9.69. The van der Waals surface area contributed by atoms with Gasteiger partial charge in [-0.05, 0) is 31.9 Å². The number of aryl methyl sites for hydroxylation is 2. The molecule has 0 aliphatic rings. The molecule has 0 spiro atoms. The van der Waals surface area contributed by atoms with Crippen LogP contribution in [0.5, 0.6) is 0 Å². The van der Waals surface area contributed by atoms with Crippen LogP contribution in [-0.2, 0) is 12.8 Å². The number of benzene rings is 1. The quantitative estimate of drug-likeness (QED) is 0.310. The average Bonchev–Trinajstić information content (AvgIpc) is 2.98. The largest absolute Gasteiger partial charge is 0.356 e. The Morgan fingerprint density at radius 2 is 1.81 bits per heavy atom. The Labute approximate surface area is 181 Å². The number of pyridine rings is 1. The van der Waals surface area contributed by atoms with Crippen molar-refractivity contribution in [2.24, 2.45) is 4.99 Å². The molecule has 144 valence electrons. The van der Waals surface area contributed by atoms with Gasteiger partial charge in [0, 0.05) is 43.0 Å². The molecule has 0 unspecified atom stereocenters. The van der Waals surface area contributed by atoms with Crippen LogP contribution in [0, 0.1) is 13.8 Å².